The van der Waals surface area contributed by atoms with E-state index in [0.717, 1.165) is 22.5 Å². The van der Waals surface area contributed by atoms with Gasteiger partial charge in [0, 0.05) is 11.1 Å². The largest absolute Gasteiger partial charge is 0.344 e. The highest BCUT2D eigenvalue weighted by Crippen LogP contribution is 2.28. The summed E-state index contributed by atoms with van der Waals surface area (Å²) < 4.78 is 0. The van der Waals surface area contributed by atoms with Gasteiger partial charge in [-0.3, -0.25) is 0 Å². The van der Waals surface area contributed by atoms with Crippen molar-refractivity contribution in [2.24, 2.45) is 0 Å². The van der Waals surface area contributed by atoms with Crippen LogP contribution in [0.2, 0.25) is 0 Å². The third kappa shape index (κ3) is 3.16. The van der Waals surface area contributed by atoms with Crippen molar-refractivity contribution < 1.29 is 0 Å². The van der Waals surface area contributed by atoms with E-state index in [1.165, 1.54) is 0 Å². The average Bonchev–Trinajstić information content (AvgIpc) is 2.90. The maximum atomic E-state index is 4.41. The molecule has 2 aromatic carbocycles. The second-order valence-electron chi connectivity index (χ2n) is 3.86. The van der Waals surface area contributed by atoms with Crippen LogP contribution in [0.3, 0.4) is 0 Å². The lowest BCUT2D eigenvalue weighted by Gasteiger charge is -2.02. The van der Waals surface area contributed by atoms with Crippen molar-refractivity contribution in [2.45, 2.75) is 0 Å². The quantitative estimate of drug-likeness (QED) is 0.735. The Labute approximate surface area is 124 Å². The molecule has 0 atom stereocenters. The summed E-state index contributed by atoms with van der Waals surface area (Å²) in [4.78, 5) is 7.62. The van der Waals surface area contributed by atoms with Gasteiger partial charge >= 0.3 is 0 Å². The average molecular weight is 293 g/mol. The molecule has 0 aliphatic rings. The molecule has 0 saturated heterocycles. The van der Waals surface area contributed by atoms with Crippen LogP contribution in [-0.2, 0) is 0 Å². The van der Waals surface area contributed by atoms with Gasteiger partial charge in [-0.1, -0.05) is 60.7 Å². The highest BCUT2D eigenvalue weighted by atomic mass is 35.5. The van der Waals surface area contributed by atoms with Crippen LogP contribution in [0.5, 0.6) is 0 Å². The summed E-state index contributed by atoms with van der Waals surface area (Å²) in [6.45, 7) is 0. The molecule has 1 heterocycles. The number of hydrogen-bond donors (Lipinski definition) is 1. The molecule has 2 nitrogen and oxygen atoms in total. The summed E-state index contributed by atoms with van der Waals surface area (Å²) in [5, 5.41) is 0. The number of nitrogens with one attached hydrogen (secondary N) is 1. The van der Waals surface area contributed by atoms with Gasteiger partial charge in [0.25, 0.3) is 0 Å². The summed E-state index contributed by atoms with van der Waals surface area (Å²) in [7, 11) is 0. The maximum Gasteiger partial charge on any atom is 0.0960 e. The Hall–Kier alpha value is -1.77. The number of halogens is 2. The number of rotatable bonds is 2. The molecule has 0 amide bonds. The van der Waals surface area contributed by atoms with E-state index in [1.54, 1.807) is 6.33 Å². The van der Waals surface area contributed by atoms with Crippen molar-refractivity contribution in [3.05, 3.63) is 67.0 Å². The van der Waals surface area contributed by atoms with Crippen molar-refractivity contribution in [3.63, 3.8) is 0 Å². The summed E-state index contributed by atoms with van der Waals surface area (Å²) in [5.74, 6) is 0. The van der Waals surface area contributed by atoms with Crippen LogP contribution in [0.1, 0.15) is 0 Å². The van der Waals surface area contributed by atoms with Crippen LogP contribution >= 0.6 is 24.8 Å². The second kappa shape index (κ2) is 6.98. The predicted molar refractivity (Wildman–Crippen MR) is 84.0 cm³/mol. The van der Waals surface area contributed by atoms with Crippen molar-refractivity contribution >= 4 is 24.8 Å². The first-order valence-corrected chi connectivity index (χ1v) is 5.59. The molecule has 0 unspecified atom stereocenters. The molecule has 0 spiro atoms. The summed E-state index contributed by atoms with van der Waals surface area (Å²) in [5.41, 5.74) is 4.35. The molecule has 0 fully saturated rings. The van der Waals surface area contributed by atoms with Crippen LogP contribution in [0.25, 0.3) is 22.5 Å². The van der Waals surface area contributed by atoms with Gasteiger partial charge < -0.3 is 4.98 Å². The zero-order chi connectivity index (χ0) is 11.5. The van der Waals surface area contributed by atoms with E-state index in [0.29, 0.717) is 0 Å². The molecule has 0 aliphatic heterocycles. The topological polar surface area (TPSA) is 28.7 Å². The lowest BCUT2D eigenvalue weighted by atomic mass is 10.1. The predicted octanol–water partition coefficient (Wildman–Crippen LogP) is 4.59. The first-order chi connectivity index (χ1) is 8.45. The van der Waals surface area contributed by atoms with Crippen molar-refractivity contribution in [1.29, 1.82) is 0 Å². The fourth-order valence-corrected chi connectivity index (χ4v) is 1.93. The van der Waals surface area contributed by atoms with Crippen LogP contribution in [0.15, 0.2) is 67.0 Å². The molecule has 1 N–H and O–H groups in total. The molecule has 3 aromatic rings. The standard InChI is InChI=1S/C15H12N2.2ClH/c1-3-7-12(8-4-1)14-15(17-11-16-14)13-9-5-2-6-10-13;;/h1-11H,(H,16,17);2*1H. The molecule has 0 radical (unpaired) electrons. The molecular formula is C15H14Cl2N2. The SMILES string of the molecule is Cl.Cl.c1ccc(-c2nc[nH]c2-c2ccccc2)cc1. The third-order valence-corrected chi connectivity index (χ3v) is 2.75. The van der Waals surface area contributed by atoms with E-state index in [2.05, 4.69) is 34.2 Å². The lowest BCUT2D eigenvalue weighted by molar-refractivity contribution is 1.31. The van der Waals surface area contributed by atoms with Crippen LogP contribution in [0, 0.1) is 0 Å². The molecule has 4 heteroatoms. The molecule has 1 aromatic heterocycles. The smallest absolute Gasteiger partial charge is 0.0960 e. The Morgan fingerprint density at radius 3 is 1.79 bits per heavy atom. The van der Waals surface area contributed by atoms with Gasteiger partial charge in [0.15, 0.2) is 0 Å². The molecule has 98 valence electrons. The minimum Gasteiger partial charge on any atom is -0.344 e. The van der Waals surface area contributed by atoms with E-state index >= 15 is 0 Å². The normalized spacial score (nSPS) is 9.26. The lowest BCUT2D eigenvalue weighted by Crippen LogP contribution is -1.82. The number of aromatic amines is 1. The Morgan fingerprint density at radius 1 is 0.684 bits per heavy atom. The summed E-state index contributed by atoms with van der Waals surface area (Å²) >= 11 is 0. The fraction of sp³-hybridized carbons (Fsp3) is 0. The molecule has 19 heavy (non-hydrogen) atoms. The van der Waals surface area contributed by atoms with Crippen LogP contribution in [-0.4, -0.2) is 9.97 Å². The zero-order valence-electron chi connectivity index (χ0n) is 10.1. The van der Waals surface area contributed by atoms with Crippen LogP contribution in [0.4, 0.5) is 0 Å². The van der Waals surface area contributed by atoms with E-state index in [1.807, 2.05) is 36.4 Å². The zero-order valence-corrected chi connectivity index (χ0v) is 11.7. The minimum atomic E-state index is 0. The molecule has 0 aliphatic carbocycles. The maximum absolute atomic E-state index is 4.41. The Balaban J connectivity index is 0.000000902. The van der Waals surface area contributed by atoms with Crippen molar-refractivity contribution in [2.75, 3.05) is 0 Å². The van der Waals surface area contributed by atoms with Gasteiger partial charge in [-0.05, 0) is 0 Å². The van der Waals surface area contributed by atoms with E-state index in [9.17, 15) is 0 Å². The molecule has 0 saturated carbocycles. The van der Waals surface area contributed by atoms with E-state index in [4.69, 9.17) is 0 Å². The van der Waals surface area contributed by atoms with Crippen molar-refractivity contribution in [1.82, 2.24) is 9.97 Å². The highest BCUT2D eigenvalue weighted by Gasteiger charge is 2.08. The first kappa shape index (κ1) is 15.3. The van der Waals surface area contributed by atoms with E-state index < -0.39 is 0 Å². The van der Waals surface area contributed by atoms with Gasteiger partial charge in [-0.25, -0.2) is 4.98 Å². The Bertz CT molecular complexity index is 552. The number of nitrogens with zero attached hydrogens (tertiary/aromatic N) is 1. The van der Waals surface area contributed by atoms with E-state index in [-0.39, 0.29) is 24.8 Å². The number of hydrogen-bond acceptors (Lipinski definition) is 1. The minimum absolute atomic E-state index is 0. The highest BCUT2D eigenvalue weighted by molar-refractivity contribution is 5.85. The van der Waals surface area contributed by atoms with Gasteiger partial charge in [-0.15, -0.1) is 24.8 Å². The van der Waals surface area contributed by atoms with Gasteiger partial charge in [-0.2, -0.15) is 0 Å². The number of aromatic nitrogens is 2. The summed E-state index contributed by atoms with van der Waals surface area (Å²) in [6.07, 6.45) is 1.74. The van der Waals surface area contributed by atoms with Gasteiger partial charge in [0.2, 0.25) is 0 Å². The fourth-order valence-electron chi connectivity index (χ4n) is 1.93. The second-order valence-corrected chi connectivity index (χ2v) is 3.86. The van der Waals surface area contributed by atoms with Crippen LogP contribution < -0.4 is 0 Å². The van der Waals surface area contributed by atoms with Crippen molar-refractivity contribution in [3.8, 4) is 22.5 Å². The number of benzene rings is 2. The molecule has 3 rings (SSSR count). The number of imidazole rings is 1. The monoisotopic (exact) mass is 292 g/mol. The Kier molecular flexibility index (Phi) is 5.61. The first-order valence-electron chi connectivity index (χ1n) is 5.59. The molecule has 0 bridgehead atoms. The molecular weight excluding hydrogens is 279 g/mol. The number of H-pyrrole nitrogens is 1. The third-order valence-electron chi connectivity index (χ3n) is 2.75. The van der Waals surface area contributed by atoms with Gasteiger partial charge in [0.1, 0.15) is 0 Å². The van der Waals surface area contributed by atoms with Gasteiger partial charge in [0.05, 0.1) is 17.7 Å². The summed E-state index contributed by atoms with van der Waals surface area (Å²) in [6, 6.07) is 20.5. The Morgan fingerprint density at radius 2 is 1.21 bits per heavy atom.